The van der Waals surface area contributed by atoms with Gasteiger partial charge in [-0.05, 0) is 6.92 Å². The Kier molecular flexibility index (Phi) is 3.69. The average molecular weight is 222 g/mol. The number of nitrogens with one attached hydrogen (secondary N) is 1. The molecule has 5 heteroatoms. The van der Waals surface area contributed by atoms with E-state index in [2.05, 4.69) is 27.1 Å². The minimum atomic E-state index is 0.471. The van der Waals surface area contributed by atoms with Crippen LogP contribution in [0.15, 0.2) is 12.4 Å². The first-order valence-corrected chi connectivity index (χ1v) is 5.58. The van der Waals surface area contributed by atoms with Gasteiger partial charge in [0.25, 0.3) is 0 Å². The molecule has 0 bridgehead atoms. The fraction of sp³-hybridized carbons (Fsp3) is 0.636. The molecule has 0 spiro atoms. The SMILES string of the molecule is COCc1cc(N2CCNC[C@H]2C)ncn1. The lowest BCUT2D eigenvalue weighted by molar-refractivity contribution is 0.181. The van der Waals surface area contributed by atoms with Gasteiger partial charge in [0, 0.05) is 38.9 Å². The molecule has 1 atom stereocenters. The van der Waals surface area contributed by atoms with E-state index < -0.39 is 0 Å². The lowest BCUT2D eigenvalue weighted by atomic mass is 10.2. The Morgan fingerprint density at radius 3 is 3.19 bits per heavy atom. The lowest BCUT2D eigenvalue weighted by Crippen LogP contribution is -2.50. The van der Waals surface area contributed by atoms with Crippen LogP contribution in [0.5, 0.6) is 0 Å². The number of rotatable bonds is 3. The van der Waals surface area contributed by atoms with Crippen LogP contribution in [0.25, 0.3) is 0 Å². The Bertz CT molecular complexity index is 345. The van der Waals surface area contributed by atoms with Gasteiger partial charge in [-0.1, -0.05) is 0 Å². The molecule has 1 saturated heterocycles. The van der Waals surface area contributed by atoms with Crippen molar-refractivity contribution in [1.29, 1.82) is 0 Å². The van der Waals surface area contributed by atoms with Crippen LogP contribution in [0, 0.1) is 0 Å². The Balaban J connectivity index is 2.15. The maximum Gasteiger partial charge on any atom is 0.132 e. The summed E-state index contributed by atoms with van der Waals surface area (Å²) in [5.74, 6) is 0.996. The van der Waals surface area contributed by atoms with Crippen LogP contribution in [0.1, 0.15) is 12.6 Å². The molecule has 1 aromatic heterocycles. The summed E-state index contributed by atoms with van der Waals surface area (Å²) in [4.78, 5) is 10.8. The summed E-state index contributed by atoms with van der Waals surface area (Å²) >= 11 is 0. The molecule has 0 amide bonds. The highest BCUT2D eigenvalue weighted by molar-refractivity contribution is 5.40. The van der Waals surface area contributed by atoms with Crippen molar-refractivity contribution in [3.63, 3.8) is 0 Å². The zero-order chi connectivity index (χ0) is 11.4. The number of anilines is 1. The van der Waals surface area contributed by atoms with E-state index in [0.717, 1.165) is 31.1 Å². The first-order chi connectivity index (χ1) is 7.81. The summed E-state index contributed by atoms with van der Waals surface area (Å²) in [6.45, 7) is 5.74. The van der Waals surface area contributed by atoms with E-state index >= 15 is 0 Å². The minimum absolute atomic E-state index is 0.471. The molecule has 16 heavy (non-hydrogen) atoms. The zero-order valence-electron chi connectivity index (χ0n) is 9.81. The highest BCUT2D eigenvalue weighted by Gasteiger charge is 2.19. The second-order valence-corrected chi connectivity index (χ2v) is 4.05. The Morgan fingerprint density at radius 1 is 1.56 bits per heavy atom. The standard InChI is InChI=1S/C11H18N4O/c1-9-6-12-3-4-15(9)11-5-10(7-16-2)13-8-14-11/h5,8-9,12H,3-4,6-7H2,1-2H3/t9-/m1/s1. The van der Waals surface area contributed by atoms with E-state index in [1.807, 2.05) is 6.07 Å². The number of ether oxygens (including phenoxy) is 1. The molecular formula is C11H18N4O. The zero-order valence-corrected chi connectivity index (χ0v) is 9.81. The predicted octanol–water partition coefficient (Wildman–Crippen LogP) is 0.421. The number of aromatic nitrogens is 2. The highest BCUT2D eigenvalue weighted by atomic mass is 16.5. The third kappa shape index (κ3) is 2.48. The summed E-state index contributed by atoms with van der Waals surface area (Å²) in [6, 6.07) is 2.48. The van der Waals surface area contributed by atoms with Crippen molar-refractivity contribution in [2.45, 2.75) is 19.6 Å². The highest BCUT2D eigenvalue weighted by Crippen LogP contribution is 2.15. The molecular weight excluding hydrogens is 204 g/mol. The first-order valence-electron chi connectivity index (χ1n) is 5.58. The monoisotopic (exact) mass is 222 g/mol. The van der Waals surface area contributed by atoms with Gasteiger partial charge in [0.1, 0.15) is 12.1 Å². The molecule has 1 aromatic rings. The van der Waals surface area contributed by atoms with Gasteiger partial charge in [-0.15, -0.1) is 0 Å². The van der Waals surface area contributed by atoms with Crippen LogP contribution >= 0.6 is 0 Å². The van der Waals surface area contributed by atoms with E-state index in [9.17, 15) is 0 Å². The Morgan fingerprint density at radius 2 is 2.44 bits per heavy atom. The molecule has 2 rings (SSSR count). The van der Waals surface area contributed by atoms with E-state index in [1.165, 1.54) is 0 Å². The van der Waals surface area contributed by atoms with Crippen molar-refractivity contribution in [3.8, 4) is 0 Å². The van der Waals surface area contributed by atoms with Crippen molar-refractivity contribution in [1.82, 2.24) is 15.3 Å². The van der Waals surface area contributed by atoms with Crippen molar-refractivity contribution in [3.05, 3.63) is 18.1 Å². The van der Waals surface area contributed by atoms with Crippen LogP contribution < -0.4 is 10.2 Å². The molecule has 1 fully saturated rings. The number of hydrogen-bond donors (Lipinski definition) is 1. The van der Waals surface area contributed by atoms with Gasteiger partial charge in [0.15, 0.2) is 0 Å². The molecule has 1 N–H and O–H groups in total. The maximum absolute atomic E-state index is 5.08. The molecule has 0 saturated carbocycles. The van der Waals surface area contributed by atoms with Crippen molar-refractivity contribution in [2.24, 2.45) is 0 Å². The molecule has 0 unspecified atom stereocenters. The quantitative estimate of drug-likeness (QED) is 0.803. The van der Waals surface area contributed by atoms with Crippen molar-refractivity contribution >= 4 is 5.82 Å². The van der Waals surface area contributed by atoms with Gasteiger partial charge in [-0.25, -0.2) is 9.97 Å². The van der Waals surface area contributed by atoms with Crippen molar-refractivity contribution < 1.29 is 4.74 Å². The van der Waals surface area contributed by atoms with Gasteiger partial charge in [-0.3, -0.25) is 0 Å². The molecule has 1 aliphatic heterocycles. The topological polar surface area (TPSA) is 50.3 Å². The van der Waals surface area contributed by atoms with E-state index in [1.54, 1.807) is 13.4 Å². The second-order valence-electron chi connectivity index (χ2n) is 4.05. The fourth-order valence-corrected chi connectivity index (χ4v) is 1.95. The summed E-state index contributed by atoms with van der Waals surface area (Å²) in [7, 11) is 1.68. The molecule has 0 radical (unpaired) electrons. The number of hydrogen-bond acceptors (Lipinski definition) is 5. The number of methoxy groups -OCH3 is 1. The summed E-state index contributed by atoms with van der Waals surface area (Å²) in [5.41, 5.74) is 0.929. The van der Waals surface area contributed by atoms with Crippen LogP contribution in [0.3, 0.4) is 0 Å². The molecule has 88 valence electrons. The Labute approximate surface area is 95.8 Å². The number of piperazine rings is 1. The van der Waals surface area contributed by atoms with Crippen molar-refractivity contribution in [2.75, 3.05) is 31.6 Å². The van der Waals surface area contributed by atoms with E-state index in [4.69, 9.17) is 4.74 Å². The molecule has 1 aliphatic rings. The van der Waals surface area contributed by atoms with Crippen LogP contribution in [0.2, 0.25) is 0 Å². The largest absolute Gasteiger partial charge is 0.378 e. The van der Waals surface area contributed by atoms with E-state index in [-0.39, 0.29) is 0 Å². The molecule has 0 aromatic carbocycles. The molecule has 2 heterocycles. The van der Waals surface area contributed by atoms with Gasteiger partial charge >= 0.3 is 0 Å². The second kappa shape index (κ2) is 5.23. The summed E-state index contributed by atoms with van der Waals surface area (Å²) < 4.78 is 5.08. The third-order valence-electron chi connectivity index (χ3n) is 2.80. The van der Waals surface area contributed by atoms with Gasteiger partial charge in [0.05, 0.1) is 12.3 Å². The van der Waals surface area contributed by atoms with Gasteiger partial charge < -0.3 is 15.0 Å². The normalized spacial score (nSPS) is 21.1. The van der Waals surface area contributed by atoms with Gasteiger partial charge in [-0.2, -0.15) is 0 Å². The third-order valence-corrected chi connectivity index (χ3v) is 2.80. The van der Waals surface area contributed by atoms with Crippen LogP contribution in [0.4, 0.5) is 5.82 Å². The average Bonchev–Trinajstić information content (AvgIpc) is 2.30. The first kappa shape index (κ1) is 11.3. The maximum atomic E-state index is 5.08. The number of nitrogens with zero attached hydrogens (tertiary/aromatic N) is 3. The minimum Gasteiger partial charge on any atom is -0.378 e. The molecule has 0 aliphatic carbocycles. The van der Waals surface area contributed by atoms with Crippen LogP contribution in [-0.4, -0.2) is 42.8 Å². The fourth-order valence-electron chi connectivity index (χ4n) is 1.95. The summed E-state index contributed by atoms with van der Waals surface area (Å²) in [6.07, 6.45) is 1.61. The lowest BCUT2D eigenvalue weighted by Gasteiger charge is -2.34. The van der Waals surface area contributed by atoms with Crippen LogP contribution in [-0.2, 0) is 11.3 Å². The van der Waals surface area contributed by atoms with E-state index in [0.29, 0.717) is 12.6 Å². The predicted molar refractivity (Wildman–Crippen MR) is 62.4 cm³/mol. The summed E-state index contributed by atoms with van der Waals surface area (Å²) in [5, 5.41) is 3.36. The Hall–Kier alpha value is -1.20. The molecule has 5 nitrogen and oxygen atoms in total. The van der Waals surface area contributed by atoms with Gasteiger partial charge in [0.2, 0.25) is 0 Å². The smallest absolute Gasteiger partial charge is 0.132 e.